The largest absolute Gasteiger partial charge is 0.465 e. The Morgan fingerprint density at radius 2 is 1.81 bits per heavy atom. The fourth-order valence-electron chi connectivity index (χ4n) is 8.65. The molecule has 0 aromatic heterocycles. The van der Waals surface area contributed by atoms with Crippen molar-refractivity contribution in [3.05, 3.63) is 47.5 Å². The van der Waals surface area contributed by atoms with Crippen LogP contribution in [0.3, 0.4) is 0 Å². The molecule has 1 aromatic rings. The Bertz CT molecular complexity index is 1000. The normalized spacial score (nSPS) is 38.9. The highest BCUT2D eigenvalue weighted by Gasteiger charge is 2.64. The molecular weight excluding hydrogens is 458 g/mol. The zero-order valence-corrected chi connectivity index (χ0v) is 21.5. The molecule has 0 aliphatic heterocycles. The fourth-order valence-corrected chi connectivity index (χ4v) is 8.65. The lowest BCUT2D eigenvalue weighted by molar-refractivity contribution is -0.166. The van der Waals surface area contributed by atoms with E-state index in [-0.39, 0.29) is 29.8 Å². The first-order chi connectivity index (χ1) is 17.3. The van der Waals surface area contributed by atoms with Crippen molar-refractivity contribution < 1.29 is 23.0 Å². The summed E-state index contributed by atoms with van der Waals surface area (Å²) >= 11 is 0. The number of halogens is 2. The van der Waals surface area contributed by atoms with Gasteiger partial charge in [-0.15, -0.1) is 0 Å². The van der Waals surface area contributed by atoms with Crippen LogP contribution in [0, 0.1) is 28.6 Å². The predicted octanol–water partition coefficient (Wildman–Crippen LogP) is 7.29. The van der Waals surface area contributed by atoms with E-state index >= 15 is 0 Å². The summed E-state index contributed by atoms with van der Waals surface area (Å²) in [5.74, 6) is -1.77. The molecule has 6 atom stereocenters. The van der Waals surface area contributed by atoms with E-state index in [0.29, 0.717) is 49.4 Å². The Hall–Kier alpha value is -1.75. The summed E-state index contributed by atoms with van der Waals surface area (Å²) < 4.78 is 42.5. The highest BCUT2D eigenvalue weighted by molar-refractivity contribution is 5.69. The van der Waals surface area contributed by atoms with Crippen molar-refractivity contribution in [2.75, 3.05) is 6.61 Å². The maximum Gasteiger partial charge on any atom is 0.306 e. The van der Waals surface area contributed by atoms with E-state index in [1.165, 1.54) is 0 Å². The highest BCUT2D eigenvalue weighted by atomic mass is 19.3. The third-order valence-corrected chi connectivity index (χ3v) is 10.5. The lowest BCUT2D eigenvalue weighted by Crippen LogP contribution is -2.55. The van der Waals surface area contributed by atoms with Crippen molar-refractivity contribution in [2.24, 2.45) is 28.6 Å². The second-order valence-corrected chi connectivity index (χ2v) is 12.5. The third-order valence-electron chi connectivity index (χ3n) is 10.5. The SMILES string of the molecule is C[C@]12CCCC(F)(F)C1=CC[C@H]1[C@@H]3CCC(OC4CC4)[C@@]3(COC(=O)CCc3ccccc3)CC[C@@H]12. The van der Waals surface area contributed by atoms with Crippen LogP contribution in [0.5, 0.6) is 0 Å². The van der Waals surface area contributed by atoms with Crippen LogP contribution in [0.2, 0.25) is 0 Å². The molecule has 5 aliphatic carbocycles. The van der Waals surface area contributed by atoms with Gasteiger partial charge in [-0.05, 0) is 92.9 Å². The van der Waals surface area contributed by atoms with Gasteiger partial charge >= 0.3 is 5.97 Å². The number of hydrogen-bond donors (Lipinski definition) is 0. The van der Waals surface area contributed by atoms with Gasteiger partial charge in [0, 0.05) is 23.8 Å². The monoisotopic (exact) mass is 498 g/mol. The summed E-state index contributed by atoms with van der Waals surface area (Å²) in [7, 11) is 0. The Kier molecular flexibility index (Phi) is 6.29. The summed E-state index contributed by atoms with van der Waals surface area (Å²) in [6.45, 7) is 2.53. The van der Waals surface area contributed by atoms with Crippen LogP contribution in [0.15, 0.2) is 42.0 Å². The molecule has 3 nitrogen and oxygen atoms in total. The lowest BCUT2D eigenvalue weighted by atomic mass is 9.47. The molecule has 5 aliphatic rings. The topological polar surface area (TPSA) is 35.5 Å². The fraction of sp³-hybridized carbons (Fsp3) is 0.710. The molecule has 0 heterocycles. The van der Waals surface area contributed by atoms with E-state index in [9.17, 15) is 13.6 Å². The van der Waals surface area contributed by atoms with Crippen LogP contribution >= 0.6 is 0 Å². The van der Waals surface area contributed by atoms with Gasteiger partial charge in [-0.3, -0.25) is 4.79 Å². The molecule has 0 amide bonds. The summed E-state index contributed by atoms with van der Waals surface area (Å²) in [6, 6.07) is 10.1. The minimum absolute atomic E-state index is 0.00455. The van der Waals surface area contributed by atoms with E-state index in [1.807, 2.05) is 36.4 Å². The van der Waals surface area contributed by atoms with Crippen molar-refractivity contribution in [1.29, 1.82) is 0 Å². The number of alkyl halides is 2. The molecule has 0 spiro atoms. The zero-order valence-electron chi connectivity index (χ0n) is 21.5. The number of allylic oxidation sites excluding steroid dienone is 2. The minimum Gasteiger partial charge on any atom is -0.465 e. The maximum atomic E-state index is 15.0. The second kappa shape index (κ2) is 9.22. The molecule has 0 saturated heterocycles. The Morgan fingerprint density at radius 3 is 2.58 bits per heavy atom. The van der Waals surface area contributed by atoms with Crippen molar-refractivity contribution in [3.8, 4) is 0 Å². The van der Waals surface area contributed by atoms with Gasteiger partial charge in [-0.1, -0.05) is 43.3 Å². The van der Waals surface area contributed by atoms with Gasteiger partial charge in [-0.25, -0.2) is 8.78 Å². The molecule has 1 unspecified atom stereocenters. The molecule has 0 bridgehead atoms. The lowest BCUT2D eigenvalue weighted by Gasteiger charge is -2.58. The molecule has 5 heteroatoms. The van der Waals surface area contributed by atoms with Crippen LogP contribution in [0.1, 0.15) is 83.1 Å². The smallest absolute Gasteiger partial charge is 0.306 e. The number of hydrogen-bond acceptors (Lipinski definition) is 3. The number of carbonyl (C=O) groups excluding carboxylic acids is 1. The van der Waals surface area contributed by atoms with Crippen LogP contribution in [0.25, 0.3) is 0 Å². The number of fused-ring (bicyclic) bond motifs is 5. The molecule has 0 radical (unpaired) electrons. The van der Waals surface area contributed by atoms with Gasteiger partial charge in [0.15, 0.2) is 0 Å². The summed E-state index contributed by atoms with van der Waals surface area (Å²) in [4.78, 5) is 12.8. The van der Waals surface area contributed by atoms with Crippen molar-refractivity contribution in [3.63, 3.8) is 0 Å². The molecule has 1 aromatic carbocycles. The molecule has 36 heavy (non-hydrogen) atoms. The van der Waals surface area contributed by atoms with Gasteiger partial charge in [0.25, 0.3) is 5.92 Å². The number of benzene rings is 1. The molecule has 4 saturated carbocycles. The van der Waals surface area contributed by atoms with Gasteiger partial charge in [0.1, 0.15) is 0 Å². The highest BCUT2D eigenvalue weighted by Crippen LogP contribution is 2.67. The quantitative estimate of drug-likeness (QED) is 0.293. The van der Waals surface area contributed by atoms with Gasteiger partial charge in [0.2, 0.25) is 0 Å². The van der Waals surface area contributed by atoms with Gasteiger partial charge in [-0.2, -0.15) is 0 Å². The first kappa shape index (κ1) is 24.6. The average Bonchev–Trinajstić information content (AvgIpc) is 3.61. The van der Waals surface area contributed by atoms with Crippen LogP contribution in [-0.4, -0.2) is 30.7 Å². The predicted molar refractivity (Wildman–Crippen MR) is 135 cm³/mol. The van der Waals surface area contributed by atoms with Crippen molar-refractivity contribution in [1.82, 2.24) is 0 Å². The van der Waals surface area contributed by atoms with E-state index in [2.05, 4.69) is 6.92 Å². The molecular formula is C31H40F2O3. The van der Waals surface area contributed by atoms with Crippen LogP contribution in [0.4, 0.5) is 8.78 Å². The Labute approximate surface area is 214 Å². The first-order valence-corrected chi connectivity index (χ1v) is 14.3. The van der Waals surface area contributed by atoms with Gasteiger partial charge in [0.05, 0.1) is 18.8 Å². The minimum atomic E-state index is -2.66. The summed E-state index contributed by atoms with van der Waals surface area (Å²) in [5, 5.41) is 0. The third kappa shape index (κ3) is 4.23. The number of ether oxygens (including phenoxy) is 2. The average molecular weight is 499 g/mol. The standard InChI is InChI=1S/C31H40F2O3/c1-29-17-5-18-31(32,33)26(29)13-11-23-24(29)16-19-30(25(23)12-14-27(30)36-22-9-10-22)20-35-28(34)15-8-21-6-3-2-4-7-21/h2-4,6-7,13,22-25,27H,5,8-12,14-20H2,1H3/t23-,24+,25+,27?,29-,30-/m1/s1. The first-order valence-electron chi connectivity index (χ1n) is 14.3. The number of esters is 1. The van der Waals surface area contributed by atoms with E-state index in [0.717, 1.165) is 56.9 Å². The van der Waals surface area contributed by atoms with Crippen LogP contribution < -0.4 is 0 Å². The molecule has 0 N–H and O–H groups in total. The summed E-state index contributed by atoms with van der Waals surface area (Å²) in [5.41, 5.74) is 0.985. The Morgan fingerprint density at radius 1 is 1.00 bits per heavy atom. The van der Waals surface area contributed by atoms with Crippen molar-refractivity contribution >= 4 is 5.97 Å². The van der Waals surface area contributed by atoms with Crippen LogP contribution in [-0.2, 0) is 20.7 Å². The van der Waals surface area contributed by atoms with E-state index < -0.39 is 11.3 Å². The van der Waals surface area contributed by atoms with E-state index in [1.54, 1.807) is 0 Å². The summed E-state index contributed by atoms with van der Waals surface area (Å²) in [6.07, 6.45) is 11.8. The van der Waals surface area contributed by atoms with E-state index in [4.69, 9.17) is 9.47 Å². The molecule has 4 fully saturated rings. The number of carbonyl (C=O) groups is 1. The van der Waals surface area contributed by atoms with Crippen molar-refractivity contribution in [2.45, 2.75) is 102 Å². The number of rotatable bonds is 7. The Balaban J connectivity index is 1.21. The molecule has 196 valence electrons. The van der Waals surface area contributed by atoms with Gasteiger partial charge < -0.3 is 9.47 Å². The second-order valence-electron chi connectivity index (χ2n) is 12.5. The number of aryl methyl sites for hydroxylation is 1. The zero-order chi connectivity index (χ0) is 25.0. The molecule has 6 rings (SSSR count). The maximum absolute atomic E-state index is 15.0.